The van der Waals surface area contributed by atoms with E-state index in [1.165, 1.54) is 6.07 Å². The van der Waals surface area contributed by atoms with Crippen molar-refractivity contribution in [2.75, 3.05) is 6.61 Å². The van der Waals surface area contributed by atoms with Crippen molar-refractivity contribution in [1.29, 1.82) is 0 Å². The highest BCUT2D eigenvalue weighted by atomic mass is 19.1. The van der Waals surface area contributed by atoms with Crippen LogP contribution in [0.4, 0.5) is 4.39 Å². The molecule has 0 spiro atoms. The van der Waals surface area contributed by atoms with Gasteiger partial charge in [0.15, 0.2) is 0 Å². The zero-order chi connectivity index (χ0) is 12.9. The fourth-order valence-electron chi connectivity index (χ4n) is 1.79. The Labute approximate surface area is 101 Å². The number of benzene rings is 1. The van der Waals surface area contributed by atoms with Gasteiger partial charge < -0.3 is 4.74 Å². The lowest BCUT2D eigenvalue weighted by atomic mass is 9.79. The predicted octanol–water partition coefficient (Wildman–Crippen LogP) is 3.22. The molecule has 0 saturated carbocycles. The van der Waals surface area contributed by atoms with Crippen LogP contribution in [0.3, 0.4) is 0 Å². The average molecular weight is 236 g/mol. The molecule has 0 aliphatic carbocycles. The summed E-state index contributed by atoms with van der Waals surface area (Å²) in [7, 11) is 0. The Morgan fingerprint density at radius 2 is 2.18 bits per heavy atom. The van der Waals surface area contributed by atoms with Crippen molar-refractivity contribution < 1.29 is 13.9 Å². The fourth-order valence-corrected chi connectivity index (χ4v) is 1.79. The van der Waals surface area contributed by atoms with Gasteiger partial charge in [-0.05, 0) is 26.3 Å². The van der Waals surface area contributed by atoms with Crippen molar-refractivity contribution in [3.8, 4) is 0 Å². The van der Waals surface area contributed by atoms with Crippen molar-refractivity contribution in [2.45, 2.75) is 25.7 Å². The summed E-state index contributed by atoms with van der Waals surface area (Å²) in [6, 6.07) is 6.25. The maximum absolute atomic E-state index is 13.8. The van der Waals surface area contributed by atoms with E-state index in [4.69, 9.17) is 4.74 Å². The van der Waals surface area contributed by atoms with Crippen molar-refractivity contribution in [2.24, 2.45) is 0 Å². The molecule has 3 heteroatoms. The molecule has 0 bridgehead atoms. The van der Waals surface area contributed by atoms with Gasteiger partial charge in [-0.1, -0.05) is 24.3 Å². The highest BCUT2D eigenvalue weighted by Gasteiger charge is 2.37. The summed E-state index contributed by atoms with van der Waals surface area (Å²) in [4.78, 5) is 12.0. The van der Waals surface area contributed by atoms with Crippen LogP contribution in [0, 0.1) is 5.82 Å². The van der Waals surface area contributed by atoms with E-state index in [1.54, 1.807) is 38.1 Å². The van der Waals surface area contributed by atoms with Crippen LogP contribution in [-0.2, 0) is 14.9 Å². The summed E-state index contributed by atoms with van der Waals surface area (Å²) in [6.07, 6.45) is 1.94. The monoisotopic (exact) mass is 236 g/mol. The second kappa shape index (κ2) is 5.62. The van der Waals surface area contributed by atoms with Gasteiger partial charge in [0.2, 0.25) is 0 Å². The first-order valence-electron chi connectivity index (χ1n) is 5.59. The number of halogens is 1. The van der Waals surface area contributed by atoms with Gasteiger partial charge in [0.25, 0.3) is 0 Å². The van der Waals surface area contributed by atoms with E-state index in [-0.39, 0.29) is 6.61 Å². The van der Waals surface area contributed by atoms with E-state index in [0.29, 0.717) is 12.0 Å². The molecule has 0 fully saturated rings. The molecule has 0 aliphatic heterocycles. The normalized spacial score (nSPS) is 13.8. The van der Waals surface area contributed by atoms with E-state index in [0.717, 1.165) is 0 Å². The molecule has 1 rings (SSSR count). The number of carbonyl (C=O) groups excluding carboxylic acids is 1. The largest absolute Gasteiger partial charge is 0.465 e. The molecule has 1 aromatic rings. The van der Waals surface area contributed by atoms with E-state index in [2.05, 4.69) is 6.58 Å². The molecule has 0 aliphatic rings. The molecule has 0 heterocycles. The van der Waals surface area contributed by atoms with Gasteiger partial charge in [0.1, 0.15) is 5.82 Å². The zero-order valence-electron chi connectivity index (χ0n) is 10.2. The molecular formula is C14H17FO2. The lowest BCUT2D eigenvalue weighted by Gasteiger charge is -2.26. The highest BCUT2D eigenvalue weighted by molar-refractivity contribution is 5.83. The summed E-state index contributed by atoms with van der Waals surface area (Å²) in [5.41, 5.74) is -0.665. The molecule has 92 valence electrons. The minimum Gasteiger partial charge on any atom is -0.465 e. The van der Waals surface area contributed by atoms with E-state index < -0.39 is 17.2 Å². The van der Waals surface area contributed by atoms with Gasteiger partial charge >= 0.3 is 5.97 Å². The van der Waals surface area contributed by atoms with Crippen molar-refractivity contribution in [1.82, 2.24) is 0 Å². The minimum absolute atomic E-state index is 0.278. The molecule has 1 aromatic carbocycles. The van der Waals surface area contributed by atoms with Crippen molar-refractivity contribution >= 4 is 5.97 Å². The number of hydrogen-bond acceptors (Lipinski definition) is 2. The summed E-state index contributed by atoms with van der Waals surface area (Å²) in [5.74, 6) is -0.824. The van der Waals surface area contributed by atoms with Crippen LogP contribution in [-0.4, -0.2) is 12.6 Å². The third-order valence-corrected chi connectivity index (χ3v) is 2.75. The molecule has 2 nitrogen and oxygen atoms in total. The quantitative estimate of drug-likeness (QED) is 0.579. The summed E-state index contributed by atoms with van der Waals surface area (Å²) in [5, 5.41) is 0. The summed E-state index contributed by atoms with van der Waals surface area (Å²) in [6.45, 7) is 7.29. The molecule has 0 amide bonds. The number of esters is 1. The van der Waals surface area contributed by atoms with E-state index in [1.807, 2.05) is 0 Å². The molecule has 17 heavy (non-hydrogen) atoms. The van der Waals surface area contributed by atoms with Crippen LogP contribution in [0.15, 0.2) is 36.9 Å². The number of carbonyl (C=O) groups is 1. The molecule has 1 atom stereocenters. The first-order chi connectivity index (χ1) is 8.06. The Bertz CT molecular complexity index is 414. The second-order valence-corrected chi connectivity index (χ2v) is 4.03. The molecule has 0 aromatic heterocycles. The number of hydrogen-bond donors (Lipinski definition) is 0. The standard InChI is InChI=1S/C14H17FO2/c1-4-10-14(3,13(16)17-5-2)11-8-6-7-9-12(11)15/h4,6-9H,1,5,10H2,2-3H3. The molecule has 1 unspecified atom stereocenters. The summed E-state index contributed by atoms with van der Waals surface area (Å²) >= 11 is 0. The average Bonchev–Trinajstić information content (AvgIpc) is 2.30. The third-order valence-electron chi connectivity index (χ3n) is 2.75. The van der Waals surface area contributed by atoms with Crippen molar-refractivity contribution in [3.05, 3.63) is 48.3 Å². The Kier molecular flexibility index (Phi) is 4.44. The maximum Gasteiger partial charge on any atom is 0.316 e. The SMILES string of the molecule is C=CCC(C)(C(=O)OCC)c1ccccc1F. The second-order valence-electron chi connectivity index (χ2n) is 4.03. The Balaban J connectivity index is 3.20. The smallest absolute Gasteiger partial charge is 0.316 e. The van der Waals surface area contributed by atoms with Crippen LogP contribution in [0.25, 0.3) is 0 Å². The third kappa shape index (κ3) is 2.73. The van der Waals surface area contributed by atoms with Crippen LogP contribution in [0.1, 0.15) is 25.8 Å². The lowest BCUT2D eigenvalue weighted by Crippen LogP contribution is -2.35. The van der Waals surface area contributed by atoms with Crippen LogP contribution < -0.4 is 0 Å². The van der Waals surface area contributed by atoms with Gasteiger partial charge in [0, 0.05) is 5.56 Å². The predicted molar refractivity (Wildman–Crippen MR) is 65.2 cm³/mol. The minimum atomic E-state index is -1.01. The van der Waals surface area contributed by atoms with E-state index in [9.17, 15) is 9.18 Å². The van der Waals surface area contributed by atoms with Gasteiger partial charge in [-0.2, -0.15) is 0 Å². The first kappa shape index (κ1) is 13.4. The lowest BCUT2D eigenvalue weighted by molar-refractivity contribution is -0.149. The Morgan fingerprint density at radius 3 is 2.71 bits per heavy atom. The number of allylic oxidation sites excluding steroid dienone is 1. The van der Waals surface area contributed by atoms with Gasteiger partial charge in [0.05, 0.1) is 12.0 Å². The highest BCUT2D eigenvalue weighted by Crippen LogP contribution is 2.31. The molecule has 0 N–H and O–H groups in total. The number of ether oxygens (including phenoxy) is 1. The van der Waals surface area contributed by atoms with Gasteiger partial charge in [-0.25, -0.2) is 4.39 Å². The van der Waals surface area contributed by atoms with Crippen LogP contribution in [0.5, 0.6) is 0 Å². The van der Waals surface area contributed by atoms with Crippen LogP contribution in [0.2, 0.25) is 0 Å². The van der Waals surface area contributed by atoms with Crippen LogP contribution >= 0.6 is 0 Å². The number of rotatable bonds is 5. The molecule has 0 saturated heterocycles. The van der Waals surface area contributed by atoms with Gasteiger partial charge in [-0.3, -0.25) is 4.79 Å². The van der Waals surface area contributed by atoms with Gasteiger partial charge in [-0.15, -0.1) is 6.58 Å². The fraction of sp³-hybridized carbons (Fsp3) is 0.357. The molecule has 0 radical (unpaired) electrons. The van der Waals surface area contributed by atoms with E-state index >= 15 is 0 Å². The molecular weight excluding hydrogens is 219 g/mol. The maximum atomic E-state index is 13.8. The summed E-state index contributed by atoms with van der Waals surface area (Å²) < 4.78 is 18.8. The first-order valence-corrected chi connectivity index (χ1v) is 5.59. The Morgan fingerprint density at radius 1 is 1.53 bits per heavy atom. The Hall–Kier alpha value is -1.64. The zero-order valence-corrected chi connectivity index (χ0v) is 10.2. The van der Waals surface area contributed by atoms with Crippen molar-refractivity contribution in [3.63, 3.8) is 0 Å². The topological polar surface area (TPSA) is 26.3 Å².